The minimum Gasteiger partial charge on any atom is -0.478 e. The smallest absolute Gasteiger partial charge is 0.331 e. The van der Waals surface area contributed by atoms with Crippen molar-refractivity contribution < 1.29 is 14.7 Å². The summed E-state index contributed by atoms with van der Waals surface area (Å²) in [6, 6.07) is 3.88. The number of hydrogen-bond acceptors (Lipinski definition) is 2. The van der Waals surface area contributed by atoms with Crippen LogP contribution < -0.4 is 0 Å². The maximum atomic E-state index is 12.7. The Morgan fingerprint density at radius 2 is 1.45 bits per heavy atom. The molecule has 1 aromatic rings. The summed E-state index contributed by atoms with van der Waals surface area (Å²) in [5.74, 6) is -1.06. The predicted octanol–water partition coefficient (Wildman–Crippen LogP) is 3.75. The van der Waals surface area contributed by atoms with Crippen LogP contribution in [0.1, 0.15) is 52.7 Å². The van der Waals surface area contributed by atoms with Gasteiger partial charge in [0.15, 0.2) is 5.78 Å². The number of aliphatic carboxylic acids is 1. The fraction of sp³-hybridized carbons (Fsp3) is 0.412. The first kappa shape index (κ1) is 14.5. The zero-order chi connectivity index (χ0) is 14.9. The molecule has 0 saturated carbocycles. The van der Waals surface area contributed by atoms with Crippen LogP contribution >= 0.6 is 0 Å². The molecule has 0 atom stereocenters. The lowest BCUT2D eigenvalue weighted by Gasteiger charge is -2.18. The number of carbonyl (C=O) groups is 2. The second-order valence-corrected chi connectivity index (χ2v) is 5.55. The largest absolute Gasteiger partial charge is 0.478 e. The number of benzene rings is 1. The lowest BCUT2D eigenvalue weighted by molar-refractivity contribution is -0.133. The standard InChI is InChI=1S/C17H20O3/c1-10-8-12(3)15(9-11(10)2)16(18)13-6-4-5-7-14(13)17(19)20/h8-9H,4-7H2,1-3H3,(H,19,20). The molecule has 0 aromatic heterocycles. The van der Waals surface area contributed by atoms with Gasteiger partial charge in [0.1, 0.15) is 0 Å². The highest BCUT2D eigenvalue weighted by atomic mass is 16.4. The van der Waals surface area contributed by atoms with Crippen molar-refractivity contribution >= 4 is 11.8 Å². The number of carbonyl (C=O) groups excluding carboxylic acids is 1. The number of allylic oxidation sites excluding steroid dienone is 1. The number of ketones is 1. The van der Waals surface area contributed by atoms with Gasteiger partial charge in [0.05, 0.1) is 0 Å². The molecular formula is C17H20O3. The Morgan fingerprint density at radius 1 is 0.900 bits per heavy atom. The molecule has 0 heterocycles. The highest BCUT2D eigenvalue weighted by Crippen LogP contribution is 2.29. The number of carboxylic acid groups (broad SMARTS) is 1. The van der Waals surface area contributed by atoms with Crippen LogP contribution in [0.4, 0.5) is 0 Å². The first-order valence-corrected chi connectivity index (χ1v) is 6.99. The van der Waals surface area contributed by atoms with E-state index in [2.05, 4.69) is 0 Å². The average Bonchev–Trinajstić information content (AvgIpc) is 2.42. The quantitative estimate of drug-likeness (QED) is 0.852. The van der Waals surface area contributed by atoms with Gasteiger partial charge >= 0.3 is 5.97 Å². The van der Waals surface area contributed by atoms with E-state index in [1.165, 1.54) is 0 Å². The molecule has 0 unspecified atom stereocenters. The van der Waals surface area contributed by atoms with Crippen molar-refractivity contribution in [1.29, 1.82) is 0 Å². The first-order chi connectivity index (χ1) is 9.41. The van der Waals surface area contributed by atoms with Gasteiger partial charge < -0.3 is 5.11 Å². The molecule has 3 heteroatoms. The number of Topliss-reactive ketones (excluding diaryl/α,β-unsaturated/α-hetero) is 1. The predicted molar refractivity (Wildman–Crippen MR) is 78.1 cm³/mol. The molecule has 0 amide bonds. The van der Waals surface area contributed by atoms with E-state index in [1.54, 1.807) is 0 Å². The molecule has 0 bridgehead atoms. The molecule has 3 nitrogen and oxygen atoms in total. The van der Waals surface area contributed by atoms with E-state index in [0.29, 0.717) is 29.6 Å². The van der Waals surface area contributed by atoms with Gasteiger partial charge in [0.2, 0.25) is 0 Å². The van der Waals surface area contributed by atoms with Crippen molar-refractivity contribution in [2.45, 2.75) is 46.5 Å². The first-order valence-electron chi connectivity index (χ1n) is 6.99. The topological polar surface area (TPSA) is 54.4 Å². The molecule has 0 spiro atoms. The Morgan fingerprint density at radius 3 is 2.05 bits per heavy atom. The minimum atomic E-state index is -0.950. The van der Waals surface area contributed by atoms with Gasteiger partial charge in [0.25, 0.3) is 0 Å². The van der Waals surface area contributed by atoms with Crippen molar-refractivity contribution in [1.82, 2.24) is 0 Å². The molecule has 1 aromatic carbocycles. The molecule has 0 radical (unpaired) electrons. The Kier molecular flexibility index (Phi) is 4.07. The summed E-state index contributed by atoms with van der Waals surface area (Å²) in [5.41, 5.74) is 4.57. The van der Waals surface area contributed by atoms with Gasteiger partial charge in [-0.05, 0) is 69.2 Å². The molecule has 106 valence electrons. The van der Waals surface area contributed by atoms with E-state index in [4.69, 9.17) is 0 Å². The normalized spacial score (nSPS) is 15.3. The zero-order valence-electron chi connectivity index (χ0n) is 12.2. The highest BCUT2D eigenvalue weighted by molar-refractivity contribution is 6.13. The van der Waals surface area contributed by atoms with Crippen molar-refractivity contribution in [3.8, 4) is 0 Å². The van der Waals surface area contributed by atoms with Gasteiger partial charge in [0, 0.05) is 16.7 Å². The van der Waals surface area contributed by atoms with E-state index < -0.39 is 5.97 Å². The maximum Gasteiger partial charge on any atom is 0.331 e. The van der Waals surface area contributed by atoms with Crippen LogP contribution in [0.5, 0.6) is 0 Å². The second kappa shape index (κ2) is 5.61. The van der Waals surface area contributed by atoms with E-state index in [0.717, 1.165) is 29.5 Å². The number of aryl methyl sites for hydroxylation is 3. The summed E-state index contributed by atoms with van der Waals surface area (Å²) in [7, 11) is 0. The number of carboxylic acids is 1. The van der Waals surface area contributed by atoms with Crippen molar-refractivity contribution in [3.63, 3.8) is 0 Å². The summed E-state index contributed by atoms with van der Waals surface area (Å²) >= 11 is 0. The number of hydrogen-bond donors (Lipinski definition) is 1. The van der Waals surface area contributed by atoms with Gasteiger partial charge in [-0.1, -0.05) is 6.07 Å². The Bertz CT molecular complexity index is 609. The second-order valence-electron chi connectivity index (χ2n) is 5.55. The average molecular weight is 272 g/mol. The SMILES string of the molecule is Cc1cc(C)c(C(=O)C2=C(C(=O)O)CCCC2)cc1C. The van der Waals surface area contributed by atoms with Crippen LogP contribution in [0.2, 0.25) is 0 Å². The van der Waals surface area contributed by atoms with Gasteiger partial charge in [-0.3, -0.25) is 4.79 Å². The molecule has 0 aliphatic heterocycles. The van der Waals surface area contributed by atoms with Gasteiger partial charge in [-0.15, -0.1) is 0 Å². The molecule has 0 saturated heterocycles. The van der Waals surface area contributed by atoms with E-state index in [1.807, 2.05) is 32.9 Å². The van der Waals surface area contributed by atoms with E-state index >= 15 is 0 Å². The Hall–Kier alpha value is -1.90. The fourth-order valence-corrected chi connectivity index (χ4v) is 2.76. The lowest BCUT2D eigenvalue weighted by Crippen LogP contribution is -2.16. The Balaban J connectivity index is 2.50. The summed E-state index contributed by atoms with van der Waals surface area (Å²) in [5, 5.41) is 9.26. The van der Waals surface area contributed by atoms with Crippen LogP contribution in [0.15, 0.2) is 23.3 Å². The lowest BCUT2D eigenvalue weighted by atomic mass is 9.85. The van der Waals surface area contributed by atoms with Crippen LogP contribution in [0.3, 0.4) is 0 Å². The third kappa shape index (κ3) is 2.67. The summed E-state index contributed by atoms with van der Waals surface area (Å²) in [6.45, 7) is 5.89. The van der Waals surface area contributed by atoms with Crippen molar-refractivity contribution in [3.05, 3.63) is 45.5 Å². The molecule has 20 heavy (non-hydrogen) atoms. The highest BCUT2D eigenvalue weighted by Gasteiger charge is 2.25. The molecule has 0 fully saturated rings. The maximum absolute atomic E-state index is 12.7. The summed E-state index contributed by atoms with van der Waals surface area (Å²) in [4.78, 5) is 24.0. The molecule has 1 aliphatic carbocycles. The molecule has 2 rings (SSSR count). The third-order valence-electron chi connectivity index (χ3n) is 4.09. The van der Waals surface area contributed by atoms with E-state index in [-0.39, 0.29) is 5.78 Å². The van der Waals surface area contributed by atoms with Crippen LogP contribution in [-0.2, 0) is 4.79 Å². The fourth-order valence-electron chi connectivity index (χ4n) is 2.76. The van der Waals surface area contributed by atoms with Crippen molar-refractivity contribution in [2.75, 3.05) is 0 Å². The Labute approximate surface area is 119 Å². The summed E-state index contributed by atoms with van der Waals surface area (Å²) in [6.07, 6.45) is 2.82. The molecular weight excluding hydrogens is 252 g/mol. The van der Waals surface area contributed by atoms with Crippen molar-refractivity contribution in [2.24, 2.45) is 0 Å². The zero-order valence-corrected chi connectivity index (χ0v) is 12.2. The summed E-state index contributed by atoms with van der Waals surface area (Å²) < 4.78 is 0. The van der Waals surface area contributed by atoms with E-state index in [9.17, 15) is 14.7 Å². The molecule has 1 N–H and O–H groups in total. The molecule has 1 aliphatic rings. The van der Waals surface area contributed by atoms with Gasteiger partial charge in [-0.25, -0.2) is 4.79 Å². The van der Waals surface area contributed by atoms with Crippen LogP contribution in [0.25, 0.3) is 0 Å². The third-order valence-corrected chi connectivity index (χ3v) is 4.09. The minimum absolute atomic E-state index is 0.109. The monoisotopic (exact) mass is 272 g/mol. The number of rotatable bonds is 3. The van der Waals surface area contributed by atoms with Gasteiger partial charge in [-0.2, -0.15) is 0 Å². The van der Waals surface area contributed by atoms with Crippen LogP contribution in [0, 0.1) is 20.8 Å². The van der Waals surface area contributed by atoms with Crippen LogP contribution in [-0.4, -0.2) is 16.9 Å².